The minimum Gasteiger partial charge on any atom is -0.493 e. The molecule has 0 radical (unpaired) electrons. The molecule has 1 aliphatic rings. The largest absolute Gasteiger partial charge is 0.493 e. The first-order valence-corrected chi connectivity index (χ1v) is 11.3. The summed E-state index contributed by atoms with van der Waals surface area (Å²) in [5.74, 6) is 2.52. The van der Waals surface area contributed by atoms with Crippen molar-refractivity contribution >= 4 is 80.4 Å². The third-order valence-corrected chi connectivity index (χ3v) is 6.32. The van der Waals surface area contributed by atoms with Crippen molar-refractivity contribution < 1.29 is 19.1 Å². The van der Waals surface area contributed by atoms with Gasteiger partial charge in [0.05, 0.1) is 15.6 Å². The lowest BCUT2D eigenvalue weighted by atomic mass is 10.2. The van der Waals surface area contributed by atoms with Crippen LogP contribution in [-0.4, -0.2) is 34.9 Å². The SMILES string of the molecule is C#CCOc1c(I)cc(/C=C2/SC(=S)N(NC(=O)c3ccc(Cl)cc3)C2=O)cc1OC. The molecule has 2 aromatic carbocycles. The van der Waals surface area contributed by atoms with Crippen LogP contribution in [-0.2, 0) is 4.79 Å². The van der Waals surface area contributed by atoms with Crippen molar-refractivity contribution in [2.45, 2.75) is 0 Å². The number of hydrogen-bond acceptors (Lipinski definition) is 6. The standard InChI is InChI=1S/C21H14ClIN2O4S2/c1-3-8-29-18-15(23)9-12(10-16(18)28-2)11-17-20(27)25(21(30)31-17)24-19(26)13-4-6-14(22)7-5-13/h1,4-7,9-11H,8H2,2H3,(H,24,26)/b17-11+. The molecule has 0 unspecified atom stereocenters. The van der Waals surface area contributed by atoms with E-state index < -0.39 is 11.8 Å². The first kappa shape index (κ1) is 23.4. The number of thiocarbonyl (C=S) groups is 1. The summed E-state index contributed by atoms with van der Waals surface area (Å²) in [4.78, 5) is 25.6. The van der Waals surface area contributed by atoms with Crippen molar-refractivity contribution in [1.82, 2.24) is 10.4 Å². The maximum Gasteiger partial charge on any atom is 0.285 e. The fraction of sp³-hybridized carbons (Fsp3) is 0.0952. The molecule has 1 saturated heterocycles. The summed E-state index contributed by atoms with van der Waals surface area (Å²) in [6.45, 7) is 0.109. The van der Waals surface area contributed by atoms with Gasteiger partial charge in [0.2, 0.25) is 0 Å². The number of hydrogen-bond donors (Lipinski definition) is 1. The maximum absolute atomic E-state index is 12.8. The molecule has 3 rings (SSSR count). The van der Waals surface area contributed by atoms with E-state index in [2.05, 4.69) is 33.9 Å². The molecule has 0 aliphatic carbocycles. The van der Waals surface area contributed by atoms with Crippen LogP contribution in [0.4, 0.5) is 0 Å². The van der Waals surface area contributed by atoms with Crippen LogP contribution in [0, 0.1) is 15.9 Å². The van der Waals surface area contributed by atoms with Crippen LogP contribution in [0.2, 0.25) is 5.02 Å². The Morgan fingerprint density at radius 2 is 2.10 bits per heavy atom. The van der Waals surface area contributed by atoms with E-state index in [4.69, 9.17) is 39.7 Å². The van der Waals surface area contributed by atoms with E-state index >= 15 is 0 Å². The smallest absolute Gasteiger partial charge is 0.285 e. The van der Waals surface area contributed by atoms with Gasteiger partial charge in [0.25, 0.3) is 11.8 Å². The summed E-state index contributed by atoms with van der Waals surface area (Å²) in [5, 5.41) is 1.56. The molecule has 0 spiro atoms. The van der Waals surface area contributed by atoms with Crippen molar-refractivity contribution in [3.05, 3.63) is 61.0 Å². The van der Waals surface area contributed by atoms with Crippen LogP contribution in [0.3, 0.4) is 0 Å². The molecule has 2 amide bonds. The number of carbonyl (C=O) groups excluding carboxylic acids is 2. The van der Waals surface area contributed by atoms with Crippen molar-refractivity contribution in [3.63, 3.8) is 0 Å². The fourth-order valence-electron chi connectivity index (χ4n) is 2.56. The molecule has 2 aromatic rings. The van der Waals surface area contributed by atoms with Gasteiger partial charge in [0.15, 0.2) is 15.8 Å². The number of ether oxygens (including phenoxy) is 2. The van der Waals surface area contributed by atoms with Crippen molar-refractivity contribution in [3.8, 4) is 23.8 Å². The van der Waals surface area contributed by atoms with Gasteiger partial charge in [-0.05, 0) is 82.8 Å². The Hall–Kier alpha value is -2.26. The Morgan fingerprint density at radius 3 is 2.74 bits per heavy atom. The van der Waals surface area contributed by atoms with E-state index in [-0.39, 0.29) is 10.9 Å². The number of amides is 2. The highest BCUT2D eigenvalue weighted by Crippen LogP contribution is 2.37. The second-order valence-corrected chi connectivity index (χ2v) is 9.27. The molecule has 1 N–H and O–H groups in total. The van der Waals surface area contributed by atoms with Crippen LogP contribution in [0.25, 0.3) is 6.08 Å². The van der Waals surface area contributed by atoms with E-state index in [0.717, 1.165) is 20.3 Å². The Morgan fingerprint density at radius 1 is 1.39 bits per heavy atom. The monoisotopic (exact) mass is 584 g/mol. The third-order valence-electron chi connectivity index (χ3n) is 3.96. The van der Waals surface area contributed by atoms with Gasteiger partial charge in [-0.3, -0.25) is 15.0 Å². The van der Waals surface area contributed by atoms with Crippen molar-refractivity contribution in [2.75, 3.05) is 13.7 Å². The molecule has 1 aliphatic heterocycles. The van der Waals surface area contributed by atoms with Crippen LogP contribution in [0.15, 0.2) is 41.3 Å². The molecule has 1 heterocycles. The highest BCUT2D eigenvalue weighted by atomic mass is 127. The number of halogens is 2. The first-order chi connectivity index (χ1) is 14.8. The number of thioether (sulfide) groups is 1. The minimum absolute atomic E-state index is 0.109. The molecule has 10 heteroatoms. The Labute approximate surface area is 207 Å². The number of carbonyl (C=O) groups is 2. The zero-order valence-corrected chi connectivity index (χ0v) is 20.5. The van der Waals surface area contributed by atoms with E-state index in [0.29, 0.717) is 32.6 Å². The maximum atomic E-state index is 12.8. The van der Waals surface area contributed by atoms with E-state index in [1.54, 1.807) is 36.4 Å². The zero-order valence-electron chi connectivity index (χ0n) is 16.0. The number of benzene rings is 2. The molecule has 6 nitrogen and oxygen atoms in total. The lowest BCUT2D eigenvalue weighted by Crippen LogP contribution is -2.44. The minimum atomic E-state index is -0.472. The highest BCUT2D eigenvalue weighted by molar-refractivity contribution is 14.1. The zero-order chi connectivity index (χ0) is 22.5. The molecular formula is C21H14ClIN2O4S2. The van der Waals surface area contributed by atoms with E-state index in [9.17, 15) is 9.59 Å². The average molecular weight is 585 g/mol. The highest BCUT2D eigenvalue weighted by Gasteiger charge is 2.34. The Bertz CT molecular complexity index is 1130. The van der Waals surface area contributed by atoms with E-state index in [1.165, 1.54) is 7.11 Å². The Kier molecular flexibility index (Phi) is 7.83. The molecule has 0 bridgehead atoms. The number of terminal acetylenes is 1. The lowest BCUT2D eigenvalue weighted by molar-refractivity contribution is -0.123. The van der Waals surface area contributed by atoms with Gasteiger partial charge in [-0.2, -0.15) is 5.01 Å². The summed E-state index contributed by atoms with van der Waals surface area (Å²) in [6.07, 6.45) is 6.93. The van der Waals surface area contributed by atoms with Gasteiger partial charge < -0.3 is 9.47 Å². The quantitative estimate of drug-likeness (QED) is 0.233. The fourth-order valence-corrected chi connectivity index (χ4v) is 4.65. The second kappa shape index (κ2) is 10.4. The number of methoxy groups -OCH3 is 1. The number of hydrazine groups is 1. The van der Waals surface area contributed by atoms with Gasteiger partial charge in [-0.1, -0.05) is 29.3 Å². The van der Waals surface area contributed by atoms with Crippen LogP contribution >= 0.6 is 58.2 Å². The Balaban J connectivity index is 1.81. The topological polar surface area (TPSA) is 67.9 Å². The lowest BCUT2D eigenvalue weighted by Gasteiger charge is -2.15. The summed E-state index contributed by atoms with van der Waals surface area (Å²) in [5.41, 5.74) is 3.59. The molecule has 31 heavy (non-hydrogen) atoms. The molecule has 0 atom stereocenters. The van der Waals surface area contributed by atoms with Gasteiger partial charge >= 0.3 is 0 Å². The van der Waals surface area contributed by atoms with Gasteiger partial charge in [0.1, 0.15) is 6.61 Å². The van der Waals surface area contributed by atoms with Gasteiger partial charge in [0, 0.05) is 10.6 Å². The molecule has 1 fully saturated rings. The molecule has 0 aromatic heterocycles. The molecule has 158 valence electrons. The molecule has 0 saturated carbocycles. The van der Waals surface area contributed by atoms with Gasteiger partial charge in [-0.25, -0.2) is 0 Å². The van der Waals surface area contributed by atoms with Crippen LogP contribution in [0.5, 0.6) is 11.5 Å². The first-order valence-electron chi connectivity index (χ1n) is 8.62. The summed E-state index contributed by atoms with van der Waals surface area (Å²) < 4.78 is 11.9. The van der Waals surface area contributed by atoms with Crippen LogP contribution < -0.4 is 14.9 Å². The summed E-state index contributed by atoms with van der Waals surface area (Å²) >= 11 is 14.3. The summed E-state index contributed by atoms with van der Waals surface area (Å²) in [6, 6.07) is 9.85. The number of rotatable bonds is 6. The number of nitrogens with zero attached hydrogens (tertiary/aromatic N) is 1. The third kappa shape index (κ3) is 5.51. The van der Waals surface area contributed by atoms with Crippen molar-refractivity contribution in [2.24, 2.45) is 0 Å². The summed E-state index contributed by atoms with van der Waals surface area (Å²) in [7, 11) is 1.52. The predicted molar refractivity (Wildman–Crippen MR) is 134 cm³/mol. The molecular weight excluding hydrogens is 571 g/mol. The average Bonchev–Trinajstić information content (AvgIpc) is 3.00. The number of nitrogens with one attached hydrogen (secondary N) is 1. The predicted octanol–water partition coefficient (Wildman–Crippen LogP) is 4.51. The van der Waals surface area contributed by atoms with Gasteiger partial charge in [-0.15, -0.1) is 6.42 Å². The van der Waals surface area contributed by atoms with Crippen LogP contribution in [0.1, 0.15) is 15.9 Å². The van der Waals surface area contributed by atoms with E-state index in [1.807, 2.05) is 6.07 Å². The van der Waals surface area contributed by atoms with Crippen molar-refractivity contribution in [1.29, 1.82) is 0 Å². The normalized spacial score (nSPS) is 14.5. The second-order valence-electron chi connectivity index (χ2n) is 5.99.